The zero-order chi connectivity index (χ0) is 27.8. The van der Waals surface area contributed by atoms with E-state index < -0.39 is 35.6 Å². The van der Waals surface area contributed by atoms with Gasteiger partial charge in [-0.2, -0.15) is 0 Å². The third-order valence-electron chi connectivity index (χ3n) is 10.6. The molecule has 0 aromatic heterocycles. The number of aliphatic hydroxyl groups excluding tert-OH is 1. The highest BCUT2D eigenvalue weighted by molar-refractivity contribution is 6.02. The first kappa shape index (κ1) is 26.8. The fourth-order valence-electron chi connectivity index (χ4n) is 8.31. The van der Waals surface area contributed by atoms with Crippen molar-refractivity contribution >= 4 is 17.8 Å². The monoisotopic (exact) mass is 529 g/mol. The number of aliphatic carboxylic acids is 1. The summed E-state index contributed by atoms with van der Waals surface area (Å²) >= 11 is 0. The number of phenols is 1. The second-order valence-electron chi connectivity index (χ2n) is 12.6. The Morgan fingerprint density at radius 3 is 2.58 bits per heavy atom. The number of aromatic hydroxyl groups is 1. The molecule has 2 fully saturated rings. The summed E-state index contributed by atoms with van der Waals surface area (Å²) in [5.74, 6) is -1.37. The van der Waals surface area contributed by atoms with Crippen LogP contribution < -0.4 is 4.74 Å². The van der Waals surface area contributed by atoms with Crippen molar-refractivity contribution in [1.82, 2.24) is 4.90 Å². The van der Waals surface area contributed by atoms with E-state index in [1.165, 1.54) is 18.1 Å². The molecule has 4 aliphatic rings. The number of aliphatic hydroxyl groups is 1. The Kier molecular flexibility index (Phi) is 6.25. The van der Waals surface area contributed by atoms with Crippen molar-refractivity contribution in [2.75, 3.05) is 7.11 Å². The Bertz CT molecular complexity index is 1190. The van der Waals surface area contributed by atoms with Gasteiger partial charge in [0.1, 0.15) is 23.1 Å². The lowest BCUT2D eigenvalue weighted by Gasteiger charge is -2.64. The predicted octanol–water partition coefficient (Wildman–Crippen LogP) is 3.66. The van der Waals surface area contributed by atoms with E-state index in [1.807, 2.05) is 0 Å². The van der Waals surface area contributed by atoms with Crippen molar-refractivity contribution in [2.45, 2.75) is 96.9 Å². The Morgan fingerprint density at radius 2 is 1.92 bits per heavy atom. The first-order valence-corrected chi connectivity index (χ1v) is 13.6. The number of carbonyl (C=O) groups excluding carboxylic acids is 2. The van der Waals surface area contributed by atoms with E-state index >= 15 is 0 Å². The molecule has 0 bridgehead atoms. The number of fused-ring (bicyclic) bond motifs is 5. The number of amides is 1. The maximum Gasteiger partial charge on any atom is 0.326 e. The van der Waals surface area contributed by atoms with Crippen LogP contribution in [0.15, 0.2) is 6.07 Å². The standard InChI is InChI=1S/C29H39NO8/c1-15-6-8-21-27(2,3)22(32)10-11-28(21,4)29(15)13-17-20(31)12-16-18(24(17)38-29)14-30(25(16)34)19(26(35)36)7-9-23(33)37-5/h12,15,19,21-22,31-32H,6-11,13-14H2,1-5H3,(H,35,36)/t15-,19+,21?,22-,28+,29-/m1/s1. The number of hydrogen-bond acceptors (Lipinski definition) is 7. The van der Waals surface area contributed by atoms with E-state index in [0.717, 1.165) is 19.3 Å². The zero-order valence-corrected chi connectivity index (χ0v) is 22.9. The second-order valence-corrected chi connectivity index (χ2v) is 12.6. The number of methoxy groups -OCH3 is 1. The van der Waals surface area contributed by atoms with Gasteiger partial charge in [-0.15, -0.1) is 0 Å². The molecule has 0 saturated heterocycles. The normalized spacial score (nSPS) is 33.8. The molecule has 9 heteroatoms. The molecular formula is C29H39NO8. The van der Waals surface area contributed by atoms with Crippen molar-refractivity contribution in [2.24, 2.45) is 22.7 Å². The summed E-state index contributed by atoms with van der Waals surface area (Å²) in [4.78, 5) is 38.4. The number of esters is 1. The topological polar surface area (TPSA) is 134 Å². The summed E-state index contributed by atoms with van der Waals surface area (Å²) in [6.45, 7) is 8.75. The largest absolute Gasteiger partial charge is 0.508 e. The van der Waals surface area contributed by atoms with Gasteiger partial charge in [-0.1, -0.05) is 27.7 Å². The summed E-state index contributed by atoms with van der Waals surface area (Å²) < 4.78 is 11.6. The van der Waals surface area contributed by atoms with Gasteiger partial charge in [0.05, 0.1) is 25.3 Å². The minimum atomic E-state index is -1.21. The van der Waals surface area contributed by atoms with Crippen molar-refractivity contribution in [1.29, 1.82) is 0 Å². The van der Waals surface area contributed by atoms with Gasteiger partial charge in [-0.25, -0.2) is 4.79 Å². The smallest absolute Gasteiger partial charge is 0.326 e. The lowest BCUT2D eigenvalue weighted by molar-refractivity contribution is -0.210. The third kappa shape index (κ3) is 3.57. The molecule has 1 aromatic rings. The molecule has 6 atom stereocenters. The molecule has 2 saturated carbocycles. The highest BCUT2D eigenvalue weighted by atomic mass is 16.5. The Hall–Kier alpha value is -2.81. The van der Waals surface area contributed by atoms with Crippen molar-refractivity contribution in [3.05, 3.63) is 22.8 Å². The van der Waals surface area contributed by atoms with Crippen LogP contribution in [0, 0.1) is 22.7 Å². The van der Waals surface area contributed by atoms with Gasteiger partial charge in [-0.05, 0) is 55.4 Å². The van der Waals surface area contributed by atoms with Crippen molar-refractivity contribution in [3.63, 3.8) is 0 Å². The van der Waals surface area contributed by atoms with Gasteiger partial charge in [0, 0.05) is 29.4 Å². The van der Waals surface area contributed by atoms with Gasteiger partial charge in [0.25, 0.3) is 5.91 Å². The first-order chi connectivity index (χ1) is 17.8. The average Bonchev–Trinajstić information content (AvgIpc) is 3.41. The SMILES string of the molecule is COC(=O)CC[C@@H](C(=O)O)N1Cc2c(cc(O)c3c2O[C@]2(C3)[C@H](C)CCC3C(C)(C)[C@H](O)CC[C@@]32C)C1=O. The summed E-state index contributed by atoms with van der Waals surface area (Å²) in [7, 11) is 1.24. The summed E-state index contributed by atoms with van der Waals surface area (Å²) in [6, 6.07) is 0.234. The number of ether oxygens (including phenoxy) is 2. The van der Waals surface area contributed by atoms with Crippen LogP contribution in [-0.4, -0.2) is 62.9 Å². The van der Waals surface area contributed by atoms with E-state index in [0.29, 0.717) is 29.7 Å². The lowest BCUT2D eigenvalue weighted by atomic mass is 9.43. The Labute approximate surface area is 223 Å². The number of hydrogen-bond donors (Lipinski definition) is 3. The van der Waals surface area contributed by atoms with Gasteiger partial charge in [-0.3, -0.25) is 9.59 Å². The van der Waals surface area contributed by atoms with Crippen LogP contribution in [0.1, 0.15) is 87.7 Å². The highest BCUT2D eigenvalue weighted by Crippen LogP contribution is 2.67. The molecule has 0 radical (unpaired) electrons. The molecule has 1 amide bonds. The van der Waals surface area contributed by atoms with E-state index in [1.54, 1.807) is 0 Å². The molecule has 1 unspecified atom stereocenters. The zero-order valence-electron chi connectivity index (χ0n) is 22.9. The predicted molar refractivity (Wildman–Crippen MR) is 137 cm³/mol. The van der Waals surface area contributed by atoms with Gasteiger partial charge < -0.3 is 29.7 Å². The second kappa shape index (κ2) is 8.86. The van der Waals surface area contributed by atoms with Crippen LogP contribution in [-0.2, 0) is 27.3 Å². The third-order valence-corrected chi connectivity index (χ3v) is 10.6. The number of rotatable bonds is 5. The maximum atomic E-state index is 13.4. The molecule has 5 rings (SSSR count). The molecule has 9 nitrogen and oxygen atoms in total. The maximum absolute atomic E-state index is 13.4. The molecule has 1 aromatic carbocycles. The highest BCUT2D eigenvalue weighted by Gasteiger charge is 2.67. The minimum absolute atomic E-state index is 0.0136. The number of phenolic OH excluding ortho intramolecular Hbond substituents is 1. The number of carbonyl (C=O) groups is 3. The van der Waals surface area contributed by atoms with Crippen LogP contribution >= 0.6 is 0 Å². The van der Waals surface area contributed by atoms with Crippen molar-refractivity contribution < 1.29 is 39.2 Å². The Balaban J connectivity index is 1.53. The van der Waals surface area contributed by atoms with Crippen LogP contribution in [0.25, 0.3) is 0 Å². The van der Waals surface area contributed by atoms with E-state index in [9.17, 15) is 29.7 Å². The lowest BCUT2D eigenvalue weighted by Crippen LogP contribution is -2.66. The number of benzene rings is 1. The number of nitrogens with zero attached hydrogens (tertiary/aromatic N) is 1. The van der Waals surface area contributed by atoms with E-state index in [2.05, 4.69) is 32.4 Å². The fraction of sp³-hybridized carbons (Fsp3) is 0.690. The van der Waals surface area contributed by atoms with E-state index in [4.69, 9.17) is 4.74 Å². The first-order valence-electron chi connectivity index (χ1n) is 13.6. The fourth-order valence-corrected chi connectivity index (χ4v) is 8.31. The van der Waals surface area contributed by atoms with Crippen LogP contribution in [0.4, 0.5) is 0 Å². The average molecular weight is 530 g/mol. The molecule has 208 valence electrons. The summed E-state index contributed by atoms with van der Waals surface area (Å²) in [6.07, 6.45) is 3.28. The number of carboxylic acid groups (broad SMARTS) is 1. The molecule has 1 spiro atoms. The summed E-state index contributed by atoms with van der Waals surface area (Å²) in [5.41, 5.74) is 0.332. The van der Waals surface area contributed by atoms with E-state index in [-0.39, 0.29) is 53.4 Å². The molecular weight excluding hydrogens is 490 g/mol. The Morgan fingerprint density at radius 1 is 1.21 bits per heavy atom. The molecule has 2 aliphatic heterocycles. The minimum Gasteiger partial charge on any atom is -0.508 e. The molecule has 2 aliphatic carbocycles. The van der Waals surface area contributed by atoms with Crippen LogP contribution in [0.3, 0.4) is 0 Å². The van der Waals surface area contributed by atoms with Gasteiger partial charge in [0.15, 0.2) is 0 Å². The molecule has 3 N–H and O–H groups in total. The van der Waals surface area contributed by atoms with Crippen LogP contribution in [0.5, 0.6) is 11.5 Å². The molecule has 38 heavy (non-hydrogen) atoms. The van der Waals surface area contributed by atoms with Crippen LogP contribution in [0.2, 0.25) is 0 Å². The van der Waals surface area contributed by atoms with Gasteiger partial charge in [0.2, 0.25) is 0 Å². The van der Waals surface area contributed by atoms with Crippen molar-refractivity contribution in [3.8, 4) is 11.5 Å². The quantitative estimate of drug-likeness (QED) is 0.492. The molecule has 2 heterocycles. The van der Waals surface area contributed by atoms with Gasteiger partial charge >= 0.3 is 11.9 Å². The number of carboxylic acids is 1. The summed E-state index contributed by atoms with van der Waals surface area (Å²) in [5, 5.41) is 31.9.